The maximum Gasteiger partial charge on any atom is 0.341 e. The number of thiophene rings is 1. The van der Waals surface area contributed by atoms with Crippen molar-refractivity contribution in [2.75, 3.05) is 19.0 Å². The summed E-state index contributed by atoms with van der Waals surface area (Å²) in [6.45, 7) is 6.35. The van der Waals surface area contributed by atoms with E-state index in [1.165, 1.54) is 28.9 Å². The molecule has 6 heteroatoms. The Balaban J connectivity index is 1.69. The van der Waals surface area contributed by atoms with Gasteiger partial charge >= 0.3 is 5.97 Å². The number of ether oxygens (including phenoxy) is 2. The number of hydrogen-bond acceptors (Lipinski definition) is 5. The first-order valence-corrected chi connectivity index (χ1v) is 10.5. The summed E-state index contributed by atoms with van der Waals surface area (Å²) in [7, 11) is 1.37. The van der Waals surface area contributed by atoms with Crippen LogP contribution in [0.3, 0.4) is 0 Å². The largest absolute Gasteiger partial charge is 0.484 e. The lowest BCUT2D eigenvalue weighted by Gasteiger charge is -2.18. The maximum atomic E-state index is 12.4. The van der Waals surface area contributed by atoms with Gasteiger partial charge in [0.2, 0.25) is 0 Å². The van der Waals surface area contributed by atoms with Crippen molar-refractivity contribution in [3.05, 3.63) is 45.8 Å². The third-order valence-electron chi connectivity index (χ3n) is 5.07. The lowest BCUT2D eigenvalue weighted by molar-refractivity contribution is -0.118. The minimum absolute atomic E-state index is 0.111. The molecular formula is C22H27NO4S. The van der Waals surface area contributed by atoms with E-state index in [0.717, 1.165) is 24.8 Å². The molecule has 0 fully saturated rings. The molecule has 1 N–H and O–H groups in total. The van der Waals surface area contributed by atoms with E-state index in [9.17, 15) is 9.59 Å². The molecule has 1 atom stereocenters. The van der Waals surface area contributed by atoms with E-state index in [4.69, 9.17) is 9.47 Å². The molecule has 0 saturated heterocycles. The highest BCUT2D eigenvalue weighted by molar-refractivity contribution is 7.17. The molecule has 2 aromatic rings. The van der Waals surface area contributed by atoms with Gasteiger partial charge < -0.3 is 14.8 Å². The average Bonchev–Trinajstić information content (AvgIpc) is 3.02. The van der Waals surface area contributed by atoms with Crippen LogP contribution in [0.1, 0.15) is 59.5 Å². The summed E-state index contributed by atoms with van der Waals surface area (Å²) in [6.07, 6.45) is 2.81. The number of rotatable bonds is 6. The number of hydrogen-bond donors (Lipinski definition) is 1. The Bertz CT molecular complexity index is 854. The lowest BCUT2D eigenvalue weighted by atomic mass is 9.88. The second kappa shape index (κ2) is 8.78. The predicted octanol–water partition coefficient (Wildman–Crippen LogP) is 4.80. The van der Waals surface area contributed by atoms with E-state index in [1.54, 1.807) is 0 Å². The summed E-state index contributed by atoms with van der Waals surface area (Å²) in [6, 6.07) is 7.74. The fourth-order valence-corrected chi connectivity index (χ4v) is 4.83. The molecule has 1 heterocycles. The van der Waals surface area contributed by atoms with Crippen LogP contribution in [0.4, 0.5) is 5.00 Å². The number of anilines is 1. The molecule has 0 radical (unpaired) electrons. The fourth-order valence-electron chi connectivity index (χ4n) is 3.42. The molecule has 0 bridgehead atoms. The first kappa shape index (κ1) is 20.4. The van der Waals surface area contributed by atoms with Gasteiger partial charge in [0.05, 0.1) is 12.7 Å². The summed E-state index contributed by atoms with van der Waals surface area (Å²) in [5.74, 6) is 0.989. The van der Waals surface area contributed by atoms with Crippen LogP contribution in [0.25, 0.3) is 0 Å². The predicted molar refractivity (Wildman–Crippen MR) is 112 cm³/mol. The monoisotopic (exact) mass is 401 g/mol. The van der Waals surface area contributed by atoms with E-state index in [0.29, 0.717) is 28.1 Å². The quantitative estimate of drug-likeness (QED) is 0.706. The Morgan fingerprint density at radius 3 is 2.61 bits per heavy atom. The Morgan fingerprint density at radius 2 is 1.96 bits per heavy atom. The number of nitrogens with one attached hydrogen (secondary N) is 1. The first-order chi connectivity index (χ1) is 13.4. The van der Waals surface area contributed by atoms with Crippen LogP contribution in [0.2, 0.25) is 0 Å². The molecule has 0 spiro atoms. The van der Waals surface area contributed by atoms with E-state index in [-0.39, 0.29) is 12.5 Å². The smallest absolute Gasteiger partial charge is 0.341 e. The van der Waals surface area contributed by atoms with Crippen molar-refractivity contribution < 1.29 is 19.1 Å². The molecule has 28 heavy (non-hydrogen) atoms. The number of methoxy groups -OCH3 is 1. The fraction of sp³-hybridized carbons (Fsp3) is 0.455. The number of amides is 1. The highest BCUT2D eigenvalue weighted by Gasteiger charge is 2.28. The Hall–Kier alpha value is -2.34. The van der Waals surface area contributed by atoms with E-state index < -0.39 is 5.97 Å². The third-order valence-corrected chi connectivity index (χ3v) is 6.24. The molecule has 0 saturated carbocycles. The number of carbonyl (C=O) groups is 2. The van der Waals surface area contributed by atoms with Gasteiger partial charge in [0.1, 0.15) is 10.8 Å². The van der Waals surface area contributed by atoms with E-state index >= 15 is 0 Å². The molecular weight excluding hydrogens is 374 g/mol. The second-order valence-corrected chi connectivity index (χ2v) is 8.71. The van der Waals surface area contributed by atoms with Crippen molar-refractivity contribution in [3.8, 4) is 5.75 Å². The SMILES string of the molecule is COC(=O)c1c(NC(=O)COc2ccc(C(C)C)cc2)sc2c1CCC(C)C2. The Kier molecular flexibility index (Phi) is 6.39. The van der Waals surface area contributed by atoms with Crippen LogP contribution in [-0.4, -0.2) is 25.6 Å². The summed E-state index contributed by atoms with van der Waals surface area (Å²) < 4.78 is 10.6. The van der Waals surface area contributed by atoms with Gasteiger partial charge in [-0.05, 0) is 54.4 Å². The Morgan fingerprint density at radius 1 is 1.25 bits per heavy atom. The number of esters is 1. The van der Waals surface area contributed by atoms with Gasteiger partial charge in [-0.25, -0.2) is 4.79 Å². The molecule has 0 aliphatic heterocycles. The van der Waals surface area contributed by atoms with Gasteiger partial charge in [0, 0.05) is 4.88 Å². The van der Waals surface area contributed by atoms with Gasteiger partial charge in [0.25, 0.3) is 5.91 Å². The van der Waals surface area contributed by atoms with Crippen molar-refractivity contribution in [3.63, 3.8) is 0 Å². The standard InChI is InChI=1S/C22H27NO4S/c1-13(2)15-6-8-16(9-7-15)27-12-19(24)23-21-20(22(25)26-4)17-10-5-14(3)11-18(17)28-21/h6-9,13-14H,5,10-12H2,1-4H3,(H,23,24). The highest BCUT2D eigenvalue weighted by atomic mass is 32.1. The number of benzene rings is 1. The van der Waals surface area contributed by atoms with Gasteiger partial charge in [-0.3, -0.25) is 4.79 Å². The van der Waals surface area contributed by atoms with Gasteiger partial charge in [0.15, 0.2) is 6.61 Å². The van der Waals surface area contributed by atoms with Gasteiger partial charge in [-0.2, -0.15) is 0 Å². The minimum Gasteiger partial charge on any atom is -0.484 e. The molecule has 5 nitrogen and oxygen atoms in total. The molecule has 1 aliphatic carbocycles. The van der Waals surface area contributed by atoms with Crippen LogP contribution < -0.4 is 10.1 Å². The van der Waals surface area contributed by atoms with Crippen molar-refractivity contribution >= 4 is 28.2 Å². The molecule has 150 valence electrons. The first-order valence-electron chi connectivity index (χ1n) is 9.64. The molecule has 1 amide bonds. The lowest BCUT2D eigenvalue weighted by Crippen LogP contribution is -2.21. The second-order valence-electron chi connectivity index (χ2n) is 7.61. The van der Waals surface area contributed by atoms with Crippen LogP contribution in [-0.2, 0) is 22.4 Å². The topological polar surface area (TPSA) is 64.6 Å². The Labute approximate surface area is 170 Å². The molecule has 3 rings (SSSR count). The van der Waals surface area contributed by atoms with Crippen molar-refractivity contribution in [1.29, 1.82) is 0 Å². The summed E-state index contributed by atoms with van der Waals surface area (Å²) in [5, 5.41) is 3.42. The zero-order valence-corrected chi connectivity index (χ0v) is 17.7. The van der Waals surface area contributed by atoms with Crippen LogP contribution in [0.15, 0.2) is 24.3 Å². The zero-order chi connectivity index (χ0) is 20.3. The number of carbonyl (C=O) groups excluding carboxylic acids is 2. The van der Waals surface area contributed by atoms with Gasteiger partial charge in [-0.15, -0.1) is 11.3 Å². The van der Waals surface area contributed by atoms with Crippen molar-refractivity contribution in [1.82, 2.24) is 0 Å². The summed E-state index contributed by atoms with van der Waals surface area (Å²) in [4.78, 5) is 25.9. The molecule has 1 aliphatic rings. The van der Waals surface area contributed by atoms with E-state index in [1.807, 2.05) is 24.3 Å². The molecule has 1 unspecified atom stereocenters. The van der Waals surface area contributed by atoms with E-state index in [2.05, 4.69) is 26.1 Å². The maximum absolute atomic E-state index is 12.4. The molecule has 1 aromatic carbocycles. The third kappa shape index (κ3) is 4.55. The van der Waals surface area contributed by atoms with Gasteiger partial charge in [-0.1, -0.05) is 32.9 Å². The zero-order valence-electron chi connectivity index (χ0n) is 16.8. The average molecular weight is 402 g/mol. The molecule has 1 aromatic heterocycles. The van der Waals surface area contributed by atoms with Crippen molar-refractivity contribution in [2.45, 2.75) is 46.0 Å². The summed E-state index contributed by atoms with van der Waals surface area (Å²) >= 11 is 1.48. The van der Waals surface area contributed by atoms with Crippen LogP contribution in [0.5, 0.6) is 5.75 Å². The minimum atomic E-state index is -0.396. The van der Waals surface area contributed by atoms with Crippen LogP contribution >= 0.6 is 11.3 Å². The van der Waals surface area contributed by atoms with Crippen molar-refractivity contribution in [2.24, 2.45) is 5.92 Å². The highest BCUT2D eigenvalue weighted by Crippen LogP contribution is 2.40. The summed E-state index contributed by atoms with van der Waals surface area (Å²) in [5.41, 5.74) is 2.75. The normalized spacial score (nSPS) is 15.8. The van der Waals surface area contributed by atoms with Crippen LogP contribution in [0, 0.1) is 5.92 Å². The number of fused-ring (bicyclic) bond motifs is 1.